The van der Waals surface area contributed by atoms with Crippen molar-refractivity contribution in [2.24, 2.45) is 0 Å². The molecule has 0 saturated carbocycles. The third-order valence-electron chi connectivity index (χ3n) is 2.62. The molecule has 18 heavy (non-hydrogen) atoms. The minimum absolute atomic E-state index is 0.159. The average Bonchev–Trinajstić information content (AvgIpc) is 2.91. The molecule has 7 heteroatoms. The highest BCUT2D eigenvalue weighted by molar-refractivity contribution is 7.19. The van der Waals surface area contributed by atoms with Crippen LogP contribution in [0.15, 0.2) is 18.2 Å². The lowest BCUT2D eigenvalue weighted by Crippen LogP contribution is -1.93. The summed E-state index contributed by atoms with van der Waals surface area (Å²) in [6.45, 7) is 1.99. The van der Waals surface area contributed by atoms with E-state index in [0.717, 1.165) is 12.2 Å². The molecular formula is C11H11N5OS. The van der Waals surface area contributed by atoms with E-state index in [4.69, 9.17) is 5.73 Å². The fourth-order valence-corrected chi connectivity index (χ4v) is 2.59. The Morgan fingerprint density at radius 2 is 2.22 bits per heavy atom. The molecule has 0 bridgehead atoms. The molecule has 6 nitrogen and oxygen atoms in total. The van der Waals surface area contributed by atoms with Crippen molar-refractivity contribution in [3.05, 3.63) is 24.0 Å². The van der Waals surface area contributed by atoms with Gasteiger partial charge < -0.3 is 10.8 Å². The number of rotatable bonds is 2. The number of fused-ring (bicyclic) bond motifs is 1. The van der Waals surface area contributed by atoms with Gasteiger partial charge in [0.05, 0.1) is 5.56 Å². The van der Waals surface area contributed by atoms with E-state index in [9.17, 15) is 5.11 Å². The first kappa shape index (κ1) is 11.0. The Kier molecular flexibility index (Phi) is 2.41. The predicted molar refractivity (Wildman–Crippen MR) is 69.6 cm³/mol. The maximum Gasteiger partial charge on any atom is 0.234 e. The summed E-state index contributed by atoms with van der Waals surface area (Å²) >= 11 is 1.37. The van der Waals surface area contributed by atoms with Crippen molar-refractivity contribution in [1.29, 1.82) is 0 Å². The number of phenolic OH excluding ortho intramolecular Hbond substituents is 1. The molecule has 2 heterocycles. The lowest BCUT2D eigenvalue weighted by atomic mass is 10.2. The summed E-state index contributed by atoms with van der Waals surface area (Å²) in [5, 5.41) is 23.0. The second-order valence-corrected chi connectivity index (χ2v) is 4.80. The van der Waals surface area contributed by atoms with Gasteiger partial charge in [0, 0.05) is 12.1 Å². The predicted octanol–water partition coefficient (Wildman–Crippen LogP) is 1.70. The zero-order chi connectivity index (χ0) is 12.7. The van der Waals surface area contributed by atoms with E-state index in [0.29, 0.717) is 21.2 Å². The van der Waals surface area contributed by atoms with Gasteiger partial charge in [-0.2, -0.15) is 9.61 Å². The summed E-state index contributed by atoms with van der Waals surface area (Å²) in [5.74, 6) is 0.961. The number of nitrogens with two attached hydrogens (primary N) is 1. The van der Waals surface area contributed by atoms with E-state index in [2.05, 4.69) is 15.3 Å². The fraction of sp³-hybridized carbons (Fsp3) is 0.182. The third-order valence-corrected chi connectivity index (χ3v) is 3.55. The molecular weight excluding hydrogens is 250 g/mol. The molecule has 0 aliphatic heterocycles. The van der Waals surface area contributed by atoms with Crippen LogP contribution in [0.4, 0.5) is 5.69 Å². The Bertz CT molecular complexity index is 717. The molecule has 3 N–H and O–H groups in total. The number of aromatic hydroxyl groups is 1. The van der Waals surface area contributed by atoms with Crippen molar-refractivity contribution in [3.8, 4) is 16.3 Å². The Labute approximate surface area is 107 Å². The Hall–Kier alpha value is -2.15. The van der Waals surface area contributed by atoms with Crippen LogP contribution in [0.5, 0.6) is 5.75 Å². The molecule has 1 aromatic carbocycles. The number of nitrogens with zero attached hydrogens (tertiary/aromatic N) is 4. The normalized spacial score (nSPS) is 11.2. The molecule has 0 amide bonds. The van der Waals surface area contributed by atoms with E-state index in [1.54, 1.807) is 22.7 Å². The van der Waals surface area contributed by atoms with Crippen LogP contribution in [0.25, 0.3) is 15.5 Å². The number of phenols is 1. The summed E-state index contributed by atoms with van der Waals surface area (Å²) in [6.07, 6.45) is 0.757. The van der Waals surface area contributed by atoms with Gasteiger partial charge in [0.2, 0.25) is 4.96 Å². The van der Waals surface area contributed by atoms with Crippen molar-refractivity contribution in [3.63, 3.8) is 0 Å². The van der Waals surface area contributed by atoms with Crippen molar-refractivity contribution in [2.45, 2.75) is 13.3 Å². The number of aromatic nitrogens is 4. The van der Waals surface area contributed by atoms with E-state index in [1.807, 2.05) is 6.92 Å². The number of anilines is 1. The van der Waals surface area contributed by atoms with Gasteiger partial charge in [0.25, 0.3) is 0 Å². The Morgan fingerprint density at radius 3 is 3.00 bits per heavy atom. The standard InChI is InChI=1S/C11H11N5OS/c1-2-9-13-14-11-16(9)15-10(18-11)7-5-6(12)3-4-8(7)17/h3-5,17H,2,12H2,1H3. The maximum absolute atomic E-state index is 9.84. The van der Waals surface area contributed by atoms with Gasteiger partial charge in [-0.05, 0) is 18.2 Å². The molecule has 0 aliphatic carbocycles. The first-order chi connectivity index (χ1) is 8.69. The quantitative estimate of drug-likeness (QED) is 0.541. The van der Waals surface area contributed by atoms with Crippen LogP contribution < -0.4 is 5.73 Å². The average molecular weight is 261 g/mol. The summed E-state index contributed by atoms with van der Waals surface area (Å²) in [5.41, 5.74) is 6.93. The summed E-state index contributed by atoms with van der Waals surface area (Å²) in [4.78, 5) is 0.712. The minimum Gasteiger partial charge on any atom is -0.507 e. The van der Waals surface area contributed by atoms with Gasteiger partial charge in [-0.25, -0.2) is 0 Å². The lowest BCUT2D eigenvalue weighted by Gasteiger charge is -2.01. The number of nitrogen functional groups attached to an aromatic ring is 1. The van der Waals surface area contributed by atoms with Gasteiger partial charge in [-0.3, -0.25) is 0 Å². The molecule has 3 rings (SSSR count). The van der Waals surface area contributed by atoms with Gasteiger partial charge in [-0.1, -0.05) is 18.3 Å². The second-order valence-electron chi connectivity index (χ2n) is 3.85. The molecule has 3 aromatic rings. The van der Waals surface area contributed by atoms with Crippen LogP contribution in [0.3, 0.4) is 0 Å². The van der Waals surface area contributed by atoms with Crippen LogP contribution in [0, 0.1) is 0 Å². The van der Waals surface area contributed by atoms with Crippen LogP contribution in [-0.4, -0.2) is 24.9 Å². The lowest BCUT2D eigenvalue weighted by molar-refractivity contribution is 0.477. The molecule has 0 atom stereocenters. The molecule has 0 radical (unpaired) electrons. The highest BCUT2D eigenvalue weighted by Gasteiger charge is 2.14. The van der Waals surface area contributed by atoms with Crippen molar-refractivity contribution < 1.29 is 5.11 Å². The van der Waals surface area contributed by atoms with Gasteiger partial charge in [0.1, 0.15) is 5.75 Å². The van der Waals surface area contributed by atoms with E-state index < -0.39 is 0 Å². The monoisotopic (exact) mass is 261 g/mol. The smallest absolute Gasteiger partial charge is 0.234 e. The Balaban J connectivity index is 2.19. The molecule has 0 aliphatic rings. The van der Waals surface area contributed by atoms with E-state index in [-0.39, 0.29) is 5.75 Å². The number of benzene rings is 1. The molecule has 0 saturated heterocycles. The SMILES string of the molecule is CCc1nnc2sc(-c3cc(N)ccc3O)nn12. The van der Waals surface area contributed by atoms with Crippen molar-refractivity contribution >= 4 is 22.0 Å². The van der Waals surface area contributed by atoms with Gasteiger partial charge >= 0.3 is 0 Å². The highest BCUT2D eigenvalue weighted by atomic mass is 32.1. The molecule has 0 fully saturated rings. The zero-order valence-electron chi connectivity index (χ0n) is 9.66. The number of hydrogen-bond acceptors (Lipinski definition) is 6. The highest BCUT2D eigenvalue weighted by Crippen LogP contribution is 2.33. The van der Waals surface area contributed by atoms with Gasteiger partial charge in [0.15, 0.2) is 10.8 Å². The number of hydrogen-bond donors (Lipinski definition) is 2. The number of aryl methyl sites for hydroxylation is 1. The summed E-state index contributed by atoms with van der Waals surface area (Å²) in [6, 6.07) is 4.91. The largest absolute Gasteiger partial charge is 0.507 e. The Morgan fingerprint density at radius 1 is 1.39 bits per heavy atom. The van der Waals surface area contributed by atoms with Crippen LogP contribution in [0.1, 0.15) is 12.7 Å². The van der Waals surface area contributed by atoms with Crippen LogP contribution in [0.2, 0.25) is 0 Å². The first-order valence-electron chi connectivity index (χ1n) is 5.49. The summed E-state index contributed by atoms with van der Waals surface area (Å²) < 4.78 is 1.70. The zero-order valence-corrected chi connectivity index (χ0v) is 10.5. The van der Waals surface area contributed by atoms with E-state index in [1.165, 1.54) is 11.3 Å². The molecule has 92 valence electrons. The molecule has 0 unspecified atom stereocenters. The molecule has 0 spiro atoms. The minimum atomic E-state index is 0.159. The van der Waals surface area contributed by atoms with Crippen LogP contribution >= 0.6 is 11.3 Å². The van der Waals surface area contributed by atoms with Crippen molar-refractivity contribution in [1.82, 2.24) is 19.8 Å². The fourth-order valence-electron chi connectivity index (χ4n) is 1.71. The van der Waals surface area contributed by atoms with Crippen molar-refractivity contribution in [2.75, 3.05) is 5.73 Å². The maximum atomic E-state index is 9.84. The summed E-state index contributed by atoms with van der Waals surface area (Å²) in [7, 11) is 0. The van der Waals surface area contributed by atoms with E-state index >= 15 is 0 Å². The molecule has 2 aromatic heterocycles. The van der Waals surface area contributed by atoms with Gasteiger partial charge in [-0.15, -0.1) is 10.2 Å². The first-order valence-corrected chi connectivity index (χ1v) is 6.30. The third kappa shape index (κ3) is 1.60. The second kappa shape index (κ2) is 3.95. The van der Waals surface area contributed by atoms with Crippen LogP contribution in [-0.2, 0) is 6.42 Å². The topological polar surface area (TPSA) is 89.3 Å².